The Kier molecular flexibility index (Phi) is 5.93. The molecule has 2 unspecified atom stereocenters. The van der Waals surface area contributed by atoms with Gasteiger partial charge in [-0.05, 0) is 56.2 Å². The molecule has 1 aliphatic heterocycles. The lowest BCUT2D eigenvalue weighted by molar-refractivity contribution is -0.128. The summed E-state index contributed by atoms with van der Waals surface area (Å²) in [5.41, 5.74) is 2.22. The summed E-state index contributed by atoms with van der Waals surface area (Å²) in [5.74, 6) is -0.0329. The van der Waals surface area contributed by atoms with Crippen molar-refractivity contribution >= 4 is 29.2 Å². The van der Waals surface area contributed by atoms with Crippen LogP contribution in [0.1, 0.15) is 31.2 Å². The zero-order valence-electron chi connectivity index (χ0n) is 17.8. The van der Waals surface area contributed by atoms with Crippen LogP contribution in [0.4, 0.5) is 16.2 Å². The van der Waals surface area contributed by atoms with Gasteiger partial charge in [0.25, 0.3) is 0 Å². The third-order valence-corrected chi connectivity index (χ3v) is 6.08. The minimum absolute atomic E-state index is 0.0956. The number of benzene rings is 2. The Balaban J connectivity index is 1.56. The van der Waals surface area contributed by atoms with Crippen molar-refractivity contribution in [2.75, 3.05) is 23.9 Å². The van der Waals surface area contributed by atoms with E-state index in [4.69, 9.17) is 4.74 Å². The molecule has 31 heavy (non-hydrogen) atoms. The van der Waals surface area contributed by atoms with Crippen molar-refractivity contribution in [2.45, 2.75) is 38.6 Å². The molecule has 1 N–H and O–H groups in total. The molecular formula is C24H27N3O4. The topological polar surface area (TPSA) is 79.0 Å². The Morgan fingerprint density at radius 2 is 1.71 bits per heavy atom. The van der Waals surface area contributed by atoms with Crippen LogP contribution in [-0.2, 0) is 9.59 Å². The molecule has 0 radical (unpaired) electrons. The van der Waals surface area contributed by atoms with E-state index < -0.39 is 6.03 Å². The number of nitrogens with one attached hydrogen (secondary N) is 1. The summed E-state index contributed by atoms with van der Waals surface area (Å²) in [7, 11) is 1.58. The molecule has 2 aromatic carbocycles. The maximum Gasteiger partial charge on any atom is 0.332 e. The first-order valence-corrected chi connectivity index (χ1v) is 10.6. The number of aryl methyl sites for hydroxylation is 1. The Morgan fingerprint density at radius 1 is 1.03 bits per heavy atom. The Morgan fingerprint density at radius 3 is 2.39 bits per heavy atom. The molecule has 2 aromatic rings. The predicted octanol–water partition coefficient (Wildman–Crippen LogP) is 3.97. The monoisotopic (exact) mass is 421 g/mol. The molecule has 1 saturated carbocycles. The van der Waals surface area contributed by atoms with E-state index in [0.717, 1.165) is 31.2 Å². The van der Waals surface area contributed by atoms with Crippen LogP contribution in [0.3, 0.4) is 0 Å². The minimum atomic E-state index is -0.429. The molecule has 2 atom stereocenters. The van der Waals surface area contributed by atoms with Gasteiger partial charge in [-0.1, -0.05) is 30.5 Å². The average molecular weight is 421 g/mol. The standard InChI is InChI=1S/C24H27N3O4/c1-16-7-11-18(12-8-16)27-23(29)20-5-3-4-6-21(20)26(24(27)30)15-22(28)25-17-9-13-19(31-2)14-10-17/h7-14,20-21H,3-6,15H2,1-2H3,(H,25,28). The average Bonchev–Trinajstić information content (AvgIpc) is 2.78. The quantitative estimate of drug-likeness (QED) is 0.792. The highest BCUT2D eigenvalue weighted by atomic mass is 16.5. The molecule has 1 saturated heterocycles. The SMILES string of the molecule is COc1ccc(NC(=O)CN2C(=O)N(c3ccc(C)cc3)C(=O)C3CCCCC32)cc1. The van der Waals surface area contributed by atoms with E-state index in [9.17, 15) is 14.4 Å². The summed E-state index contributed by atoms with van der Waals surface area (Å²) < 4.78 is 5.14. The Labute approximate surface area is 182 Å². The van der Waals surface area contributed by atoms with E-state index in [1.807, 2.05) is 19.1 Å². The molecule has 0 aromatic heterocycles. The first kappa shape index (κ1) is 20.9. The van der Waals surface area contributed by atoms with Gasteiger partial charge in [-0.25, -0.2) is 9.69 Å². The first-order chi connectivity index (χ1) is 15.0. The van der Waals surface area contributed by atoms with Gasteiger partial charge in [-0.15, -0.1) is 0 Å². The third kappa shape index (κ3) is 4.26. The smallest absolute Gasteiger partial charge is 0.332 e. The minimum Gasteiger partial charge on any atom is -0.497 e. The zero-order valence-corrected chi connectivity index (χ0v) is 17.8. The number of urea groups is 1. The van der Waals surface area contributed by atoms with Crippen LogP contribution < -0.4 is 15.0 Å². The molecule has 1 heterocycles. The van der Waals surface area contributed by atoms with Crippen LogP contribution in [0.5, 0.6) is 5.75 Å². The number of hydrogen-bond acceptors (Lipinski definition) is 4. The number of carbonyl (C=O) groups excluding carboxylic acids is 3. The highest BCUT2D eigenvalue weighted by Crippen LogP contribution is 2.36. The van der Waals surface area contributed by atoms with Crippen molar-refractivity contribution in [1.82, 2.24) is 4.90 Å². The van der Waals surface area contributed by atoms with E-state index >= 15 is 0 Å². The number of rotatable bonds is 5. The van der Waals surface area contributed by atoms with Gasteiger partial charge in [0.2, 0.25) is 11.8 Å². The van der Waals surface area contributed by atoms with Crippen LogP contribution in [0.25, 0.3) is 0 Å². The summed E-state index contributed by atoms with van der Waals surface area (Å²) in [6.45, 7) is 1.86. The second kappa shape index (κ2) is 8.79. The van der Waals surface area contributed by atoms with E-state index in [1.165, 1.54) is 4.90 Å². The van der Waals surface area contributed by atoms with Gasteiger partial charge < -0.3 is 15.0 Å². The summed E-state index contributed by atoms with van der Waals surface area (Å²) in [6, 6.07) is 13.7. The summed E-state index contributed by atoms with van der Waals surface area (Å²) in [4.78, 5) is 42.2. The molecule has 4 amide bonds. The van der Waals surface area contributed by atoms with E-state index in [-0.39, 0.29) is 30.3 Å². The van der Waals surface area contributed by atoms with E-state index in [1.54, 1.807) is 48.4 Å². The summed E-state index contributed by atoms with van der Waals surface area (Å²) in [5, 5.41) is 2.84. The van der Waals surface area contributed by atoms with Crippen LogP contribution in [-0.4, -0.2) is 42.4 Å². The number of amides is 4. The maximum absolute atomic E-state index is 13.4. The molecular weight excluding hydrogens is 394 g/mol. The third-order valence-electron chi connectivity index (χ3n) is 6.08. The molecule has 162 valence electrons. The van der Waals surface area contributed by atoms with Crippen molar-refractivity contribution in [1.29, 1.82) is 0 Å². The zero-order chi connectivity index (χ0) is 22.0. The van der Waals surface area contributed by atoms with E-state index in [2.05, 4.69) is 5.32 Å². The number of fused-ring (bicyclic) bond motifs is 1. The number of carbonyl (C=O) groups is 3. The highest BCUT2D eigenvalue weighted by Gasteiger charge is 2.48. The largest absolute Gasteiger partial charge is 0.497 e. The summed E-state index contributed by atoms with van der Waals surface area (Å²) in [6.07, 6.45) is 3.37. The number of nitrogens with zero attached hydrogens (tertiary/aromatic N) is 2. The first-order valence-electron chi connectivity index (χ1n) is 10.6. The normalized spacial score (nSPS) is 21.0. The number of methoxy groups -OCH3 is 1. The number of ether oxygens (including phenoxy) is 1. The van der Waals surface area contributed by atoms with Gasteiger partial charge in [-0.2, -0.15) is 0 Å². The van der Waals surface area contributed by atoms with Crippen molar-refractivity contribution in [2.24, 2.45) is 5.92 Å². The lowest BCUT2D eigenvalue weighted by Crippen LogP contribution is -2.64. The molecule has 0 bridgehead atoms. The molecule has 4 rings (SSSR count). The predicted molar refractivity (Wildman–Crippen MR) is 118 cm³/mol. The molecule has 1 aliphatic carbocycles. The van der Waals surface area contributed by atoms with Gasteiger partial charge in [0.1, 0.15) is 12.3 Å². The Bertz CT molecular complexity index is 971. The lowest BCUT2D eigenvalue weighted by Gasteiger charge is -2.46. The molecule has 0 spiro atoms. The van der Waals surface area contributed by atoms with Crippen LogP contribution in [0, 0.1) is 12.8 Å². The van der Waals surface area contributed by atoms with Crippen molar-refractivity contribution < 1.29 is 19.1 Å². The second-order valence-electron chi connectivity index (χ2n) is 8.15. The van der Waals surface area contributed by atoms with Crippen molar-refractivity contribution in [3.05, 3.63) is 54.1 Å². The fourth-order valence-corrected chi connectivity index (χ4v) is 4.45. The van der Waals surface area contributed by atoms with Gasteiger partial charge in [0.15, 0.2) is 0 Å². The number of imide groups is 1. The maximum atomic E-state index is 13.4. The van der Waals surface area contributed by atoms with Gasteiger partial charge in [0.05, 0.1) is 18.7 Å². The molecule has 2 fully saturated rings. The fourth-order valence-electron chi connectivity index (χ4n) is 4.45. The van der Waals surface area contributed by atoms with Crippen LogP contribution >= 0.6 is 0 Å². The van der Waals surface area contributed by atoms with Crippen molar-refractivity contribution in [3.63, 3.8) is 0 Å². The van der Waals surface area contributed by atoms with Gasteiger partial charge >= 0.3 is 6.03 Å². The number of hydrogen-bond donors (Lipinski definition) is 1. The lowest BCUT2D eigenvalue weighted by atomic mass is 9.81. The molecule has 7 heteroatoms. The van der Waals surface area contributed by atoms with Gasteiger partial charge in [-0.3, -0.25) is 9.59 Å². The highest BCUT2D eigenvalue weighted by molar-refractivity contribution is 6.17. The second-order valence-corrected chi connectivity index (χ2v) is 8.15. The van der Waals surface area contributed by atoms with Crippen LogP contribution in [0.15, 0.2) is 48.5 Å². The molecule has 2 aliphatic rings. The van der Waals surface area contributed by atoms with E-state index in [0.29, 0.717) is 17.1 Å². The van der Waals surface area contributed by atoms with Crippen molar-refractivity contribution in [3.8, 4) is 5.75 Å². The fraction of sp³-hybridized carbons (Fsp3) is 0.375. The van der Waals surface area contributed by atoms with Gasteiger partial charge in [0, 0.05) is 11.7 Å². The number of anilines is 2. The van der Waals surface area contributed by atoms with Crippen LogP contribution in [0.2, 0.25) is 0 Å². The molecule has 7 nitrogen and oxygen atoms in total. The Hall–Kier alpha value is -3.35. The summed E-state index contributed by atoms with van der Waals surface area (Å²) >= 11 is 0.